The first-order valence-corrected chi connectivity index (χ1v) is 15.9. The smallest absolute Gasteiger partial charge is 0.336 e. The van der Waals surface area contributed by atoms with E-state index < -0.39 is 34.6 Å². The number of likely N-dealkylation sites (tertiary alicyclic amines) is 1. The van der Waals surface area contributed by atoms with Crippen LogP contribution in [0.25, 0.3) is 0 Å². The molecule has 1 saturated heterocycles. The van der Waals surface area contributed by atoms with Crippen LogP contribution in [-0.4, -0.2) is 90.8 Å². The quantitative estimate of drug-likeness (QED) is 0.350. The van der Waals surface area contributed by atoms with Crippen LogP contribution in [0.4, 0.5) is 0 Å². The minimum atomic E-state index is -1.62. The molecular formula is C31H35Cl2N3O6S. The highest BCUT2D eigenvalue weighted by molar-refractivity contribution is 7.85. The number of carbonyl (C=O) groups excluding carboxylic acids is 3. The number of rotatable bonds is 10. The zero-order valence-electron chi connectivity index (χ0n) is 24.5. The molecule has 2 heterocycles. The van der Waals surface area contributed by atoms with Crippen LogP contribution < -0.4 is 0 Å². The lowest BCUT2D eigenvalue weighted by atomic mass is 9.74. The molecule has 2 aromatic carbocycles. The molecule has 0 N–H and O–H groups in total. The van der Waals surface area contributed by atoms with E-state index in [4.69, 9.17) is 37.7 Å². The molecule has 2 aliphatic heterocycles. The standard InChI is InChI=1S/C31H35Cl2N3O6S/c1-35(2)17-19-10-9-15-36(19)25(37)16-23-27(30(38)41-3)29(26-21(32)13-8-14-22(26)33)28(31(39)42-4)24(34-23)18-43(40)20-11-6-5-7-12-20/h5-8,11-14,19,27,29H,9-10,15-18H2,1-4H3/t19-,27?,29+,43+/m1/s1. The van der Waals surface area contributed by atoms with Crippen molar-refractivity contribution in [3.05, 3.63) is 75.4 Å². The highest BCUT2D eigenvalue weighted by Crippen LogP contribution is 2.46. The molecular weight excluding hydrogens is 613 g/mol. The Morgan fingerprint density at radius 1 is 1.02 bits per heavy atom. The maximum absolute atomic E-state index is 13.8. The normalized spacial score (nSPS) is 21.0. The number of hydrogen-bond donors (Lipinski definition) is 0. The van der Waals surface area contributed by atoms with E-state index in [9.17, 15) is 18.6 Å². The van der Waals surface area contributed by atoms with Crippen molar-refractivity contribution in [3.63, 3.8) is 0 Å². The number of ether oxygens (including phenoxy) is 2. The third-order valence-corrected chi connectivity index (χ3v) is 9.64. The number of hydrogen-bond acceptors (Lipinski definition) is 8. The fraction of sp³-hybridized carbons (Fsp3) is 0.419. The summed E-state index contributed by atoms with van der Waals surface area (Å²) < 4.78 is 23.9. The second-order valence-electron chi connectivity index (χ2n) is 10.7. The van der Waals surface area contributed by atoms with E-state index in [1.165, 1.54) is 14.2 Å². The van der Waals surface area contributed by atoms with Crippen LogP contribution in [0, 0.1) is 5.92 Å². The van der Waals surface area contributed by atoms with Crippen LogP contribution in [0.15, 0.2) is 69.7 Å². The van der Waals surface area contributed by atoms with Gasteiger partial charge in [-0.25, -0.2) is 4.79 Å². The number of benzene rings is 2. The Morgan fingerprint density at radius 2 is 1.70 bits per heavy atom. The van der Waals surface area contributed by atoms with Crippen LogP contribution in [0.3, 0.4) is 0 Å². The maximum atomic E-state index is 13.8. The molecule has 4 rings (SSSR count). The highest BCUT2D eigenvalue weighted by Gasteiger charge is 2.47. The van der Waals surface area contributed by atoms with Crippen LogP contribution in [-0.2, 0) is 34.7 Å². The van der Waals surface area contributed by atoms with Gasteiger partial charge in [-0.1, -0.05) is 47.5 Å². The van der Waals surface area contributed by atoms with Gasteiger partial charge in [0.15, 0.2) is 0 Å². The van der Waals surface area contributed by atoms with Crippen molar-refractivity contribution >= 4 is 57.6 Å². The van der Waals surface area contributed by atoms with Crippen molar-refractivity contribution in [1.82, 2.24) is 9.80 Å². The fourth-order valence-electron chi connectivity index (χ4n) is 5.79. The third-order valence-electron chi connectivity index (χ3n) is 7.64. The van der Waals surface area contributed by atoms with E-state index in [0.29, 0.717) is 18.0 Å². The Balaban J connectivity index is 1.90. The molecule has 0 bridgehead atoms. The maximum Gasteiger partial charge on any atom is 0.336 e. The van der Waals surface area contributed by atoms with Crippen molar-refractivity contribution in [3.8, 4) is 0 Å². The van der Waals surface area contributed by atoms with Gasteiger partial charge in [0.1, 0.15) is 5.92 Å². The van der Waals surface area contributed by atoms with Gasteiger partial charge in [-0.15, -0.1) is 0 Å². The summed E-state index contributed by atoms with van der Waals surface area (Å²) in [5.41, 5.74) is 0.585. The molecule has 0 spiro atoms. The lowest BCUT2D eigenvalue weighted by Crippen LogP contribution is -2.44. The first kappa shape index (κ1) is 32.9. The summed E-state index contributed by atoms with van der Waals surface area (Å²) >= 11 is 13.3. The molecule has 0 aromatic heterocycles. The molecule has 1 amide bonds. The van der Waals surface area contributed by atoms with Gasteiger partial charge in [0, 0.05) is 45.7 Å². The number of halogens is 2. The lowest BCUT2D eigenvalue weighted by molar-refractivity contribution is -0.143. The van der Waals surface area contributed by atoms with Gasteiger partial charge in [-0.2, -0.15) is 0 Å². The second kappa shape index (κ2) is 14.6. The second-order valence-corrected chi connectivity index (χ2v) is 13.0. The number of carbonyl (C=O) groups is 3. The van der Waals surface area contributed by atoms with E-state index in [1.807, 2.05) is 23.9 Å². The van der Waals surface area contributed by atoms with E-state index in [-0.39, 0.29) is 56.7 Å². The molecule has 4 atom stereocenters. The van der Waals surface area contributed by atoms with E-state index in [1.54, 1.807) is 48.5 Å². The molecule has 12 heteroatoms. The zero-order valence-corrected chi connectivity index (χ0v) is 26.9. The molecule has 0 aliphatic carbocycles. The van der Waals surface area contributed by atoms with E-state index in [0.717, 1.165) is 12.8 Å². The Bertz CT molecular complexity index is 1440. The average molecular weight is 649 g/mol. The fourth-order valence-corrected chi connectivity index (χ4v) is 7.51. The summed E-state index contributed by atoms with van der Waals surface area (Å²) in [6.45, 7) is 1.28. The predicted octanol–water partition coefficient (Wildman–Crippen LogP) is 4.50. The molecule has 0 saturated carbocycles. The summed E-state index contributed by atoms with van der Waals surface area (Å²) in [7, 11) is 4.72. The van der Waals surface area contributed by atoms with Crippen molar-refractivity contribution in [1.29, 1.82) is 0 Å². The van der Waals surface area contributed by atoms with E-state index in [2.05, 4.69) is 0 Å². The average Bonchev–Trinajstić information content (AvgIpc) is 3.44. The third kappa shape index (κ3) is 7.37. The summed E-state index contributed by atoms with van der Waals surface area (Å²) in [4.78, 5) is 49.9. The Hall–Kier alpha value is -3.05. The van der Waals surface area contributed by atoms with Gasteiger partial charge >= 0.3 is 11.9 Å². The molecule has 2 aliphatic rings. The molecule has 0 radical (unpaired) electrons. The minimum Gasteiger partial charge on any atom is -0.468 e. The molecule has 230 valence electrons. The molecule has 1 fully saturated rings. The molecule has 2 aromatic rings. The van der Waals surface area contributed by atoms with Crippen molar-refractivity contribution in [2.24, 2.45) is 10.9 Å². The molecule has 43 heavy (non-hydrogen) atoms. The van der Waals surface area contributed by atoms with Crippen LogP contribution >= 0.6 is 23.2 Å². The minimum absolute atomic E-state index is 0.0139. The first-order valence-electron chi connectivity index (χ1n) is 13.9. The monoisotopic (exact) mass is 647 g/mol. The van der Waals surface area contributed by atoms with Gasteiger partial charge in [0.2, 0.25) is 5.91 Å². The highest BCUT2D eigenvalue weighted by atomic mass is 35.5. The zero-order chi connectivity index (χ0) is 31.3. The van der Waals surface area contributed by atoms with Crippen LogP contribution in [0.2, 0.25) is 10.0 Å². The summed E-state index contributed by atoms with van der Waals surface area (Å²) in [6, 6.07) is 13.6. The van der Waals surface area contributed by atoms with Gasteiger partial charge in [-0.05, 0) is 56.8 Å². The summed E-state index contributed by atoms with van der Waals surface area (Å²) in [5.74, 6) is -4.21. The van der Waals surface area contributed by atoms with Crippen molar-refractivity contribution in [2.75, 3.05) is 47.2 Å². The first-order chi connectivity index (χ1) is 20.6. The van der Waals surface area contributed by atoms with Crippen molar-refractivity contribution in [2.45, 2.75) is 36.1 Å². The van der Waals surface area contributed by atoms with Gasteiger partial charge < -0.3 is 19.3 Å². The lowest BCUT2D eigenvalue weighted by Gasteiger charge is -2.34. The SMILES string of the molecule is COC(=O)C1=C(C[S@](=O)c2ccccc2)N=C(CC(=O)N2CCC[C@@H]2CN(C)C)C(C(=O)OC)[C@@H]1c1c(Cl)cccc1Cl. The molecule has 1 unspecified atom stereocenters. The van der Waals surface area contributed by atoms with Gasteiger partial charge in [0.05, 0.1) is 48.5 Å². The molecule has 9 nitrogen and oxygen atoms in total. The van der Waals surface area contributed by atoms with Crippen LogP contribution in [0.5, 0.6) is 0 Å². The number of likely N-dealkylation sites (N-methyl/N-ethyl adjacent to an activating group) is 1. The number of aliphatic imine (C=N–C) groups is 1. The topological polar surface area (TPSA) is 106 Å². The Kier molecular flexibility index (Phi) is 11.2. The van der Waals surface area contributed by atoms with E-state index >= 15 is 0 Å². The summed E-state index contributed by atoms with van der Waals surface area (Å²) in [6.07, 6.45) is 1.52. The van der Waals surface area contributed by atoms with Crippen LogP contribution in [0.1, 0.15) is 30.7 Å². The number of methoxy groups -OCH3 is 2. The summed E-state index contributed by atoms with van der Waals surface area (Å²) in [5, 5.41) is 0.406. The number of amides is 1. The Labute approximate surface area is 264 Å². The number of esters is 2. The van der Waals surface area contributed by atoms with Crippen molar-refractivity contribution < 1.29 is 28.1 Å². The predicted molar refractivity (Wildman–Crippen MR) is 167 cm³/mol. The largest absolute Gasteiger partial charge is 0.468 e. The Morgan fingerprint density at radius 3 is 2.30 bits per heavy atom. The number of nitrogens with zero attached hydrogens (tertiary/aromatic N) is 3. The van der Waals surface area contributed by atoms with Gasteiger partial charge in [-0.3, -0.25) is 18.8 Å². The van der Waals surface area contributed by atoms with Gasteiger partial charge in [0.25, 0.3) is 0 Å².